The van der Waals surface area contributed by atoms with Crippen molar-refractivity contribution in [3.8, 4) is 0 Å². The van der Waals surface area contributed by atoms with Gasteiger partial charge in [-0.3, -0.25) is 0 Å². The summed E-state index contributed by atoms with van der Waals surface area (Å²) >= 11 is 0. The molecule has 20 heavy (non-hydrogen) atoms. The van der Waals surface area contributed by atoms with Gasteiger partial charge in [0.2, 0.25) is 0 Å². The van der Waals surface area contributed by atoms with Crippen molar-refractivity contribution in [3.05, 3.63) is 35.4 Å². The smallest absolute Gasteiger partial charge is 0.0769 e. The minimum Gasteiger partial charge on any atom is -0.377 e. The number of ether oxygens (including phenoxy) is 1. The normalized spacial score (nSPS) is 14.2. The van der Waals surface area contributed by atoms with Crippen LogP contribution in [-0.2, 0) is 11.2 Å². The van der Waals surface area contributed by atoms with E-state index in [0.29, 0.717) is 6.04 Å². The zero-order chi connectivity index (χ0) is 14.8. The highest BCUT2D eigenvalue weighted by Crippen LogP contribution is 2.23. The van der Waals surface area contributed by atoms with E-state index in [0.717, 1.165) is 32.4 Å². The number of nitrogens with one attached hydrogen (secondary N) is 1. The average molecular weight is 277 g/mol. The van der Waals surface area contributed by atoms with E-state index >= 15 is 0 Å². The summed E-state index contributed by atoms with van der Waals surface area (Å²) in [5.41, 5.74) is 2.77. The Kier molecular flexibility index (Phi) is 8.56. The molecule has 0 aromatic heterocycles. The zero-order valence-electron chi connectivity index (χ0n) is 13.6. The van der Waals surface area contributed by atoms with Crippen molar-refractivity contribution < 1.29 is 4.74 Å². The van der Waals surface area contributed by atoms with Gasteiger partial charge in [0.15, 0.2) is 0 Å². The molecule has 1 N–H and O–H groups in total. The molecule has 0 aliphatic heterocycles. The van der Waals surface area contributed by atoms with Crippen LogP contribution in [0.1, 0.15) is 64.1 Å². The van der Waals surface area contributed by atoms with Gasteiger partial charge in [0.25, 0.3) is 0 Å². The third-order valence-electron chi connectivity index (χ3n) is 3.63. The third-order valence-corrected chi connectivity index (χ3v) is 3.63. The maximum atomic E-state index is 5.97. The molecule has 0 saturated heterocycles. The molecule has 2 heteroatoms. The highest BCUT2D eigenvalue weighted by Gasteiger charge is 2.22. The summed E-state index contributed by atoms with van der Waals surface area (Å²) in [5, 5.41) is 3.60. The largest absolute Gasteiger partial charge is 0.377 e. The summed E-state index contributed by atoms with van der Waals surface area (Å²) in [7, 11) is 0. The van der Waals surface area contributed by atoms with Crippen molar-refractivity contribution in [2.75, 3.05) is 13.2 Å². The SMILES string of the molecule is CCCc1ccc(C(NCC)C(CCC)OCC)cc1. The lowest BCUT2D eigenvalue weighted by Crippen LogP contribution is -2.34. The van der Waals surface area contributed by atoms with Crippen molar-refractivity contribution in [1.82, 2.24) is 5.32 Å². The standard InChI is InChI=1S/C18H31NO/c1-5-9-15-11-13-16(14-12-15)18(19-7-3)17(10-6-2)20-8-4/h11-14,17-19H,5-10H2,1-4H3. The van der Waals surface area contributed by atoms with Crippen molar-refractivity contribution >= 4 is 0 Å². The van der Waals surface area contributed by atoms with E-state index in [1.165, 1.54) is 17.5 Å². The number of hydrogen-bond donors (Lipinski definition) is 1. The van der Waals surface area contributed by atoms with E-state index in [1.54, 1.807) is 0 Å². The maximum absolute atomic E-state index is 5.97. The summed E-state index contributed by atoms with van der Waals surface area (Å²) in [4.78, 5) is 0. The van der Waals surface area contributed by atoms with Crippen LogP contribution in [0.4, 0.5) is 0 Å². The lowest BCUT2D eigenvalue weighted by molar-refractivity contribution is 0.0280. The topological polar surface area (TPSA) is 21.3 Å². The Bertz CT molecular complexity index is 341. The van der Waals surface area contributed by atoms with Crippen LogP contribution >= 0.6 is 0 Å². The third kappa shape index (κ3) is 5.26. The zero-order valence-corrected chi connectivity index (χ0v) is 13.6. The molecule has 2 atom stereocenters. The summed E-state index contributed by atoms with van der Waals surface area (Å²) in [6.07, 6.45) is 4.88. The van der Waals surface area contributed by atoms with E-state index in [2.05, 4.69) is 57.3 Å². The van der Waals surface area contributed by atoms with Crippen molar-refractivity contribution in [1.29, 1.82) is 0 Å². The number of rotatable bonds is 10. The summed E-state index contributed by atoms with van der Waals surface area (Å²) in [6, 6.07) is 9.35. The summed E-state index contributed by atoms with van der Waals surface area (Å²) in [6.45, 7) is 10.4. The minimum absolute atomic E-state index is 0.266. The van der Waals surface area contributed by atoms with Crippen molar-refractivity contribution in [2.24, 2.45) is 0 Å². The van der Waals surface area contributed by atoms with Crippen LogP contribution in [0.25, 0.3) is 0 Å². The van der Waals surface area contributed by atoms with E-state index < -0.39 is 0 Å². The molecule has 0 radical (unpaired) electrons. The molecular formula is C18H31NO. The van der Waals surface area contributed by atoms with E-state index in [9.17, 15) is 0 Å². The van der Waals surface area contributed by atoms with Gasteiger partial charge in [-0.25, -0.2) is 0 Å². The van der Waals surface area contributed by atoms with E-state index in [4.69, 9.17) is 4.74 Å². The summed E-state index contributed by atoms with van der Waals surface area (Å²) < 4.78 is 5.97. The number of benzene rings is 1. The molecule has 2 nitrogen and oxygen atoms in total. The number of hydrogen-bond acceptors (Lipinski definition) is 2. The van der Waals surface area contributed by atoms with Crippen LogP contribution in [0.5, 0.6) is 0 Å². The maximum Gasteiger partial charge on any atom is 0.0769 e. The van der Waals surface area contributed by atoms with Crippen molar-refractivity contribution in [3.63, 3.8) is 0 Å². The van der Waals surface area contributed by atoms with Crippen LogP contribution in [0, 0.1) is 0 Å². The van der Waals surface area contributed by atoms with Crippen LogP contribution in [0.3, 0.4) is 0 Å². The second-order valence-corrected chi connectivity index (χ2v) is 5.31. The predicted octanol–water partition coefficient (Wildman–Crippen LogP) is 4.49. The summed E-state index contributed by atoms with van der Waals surface area (Å²) in [5.74, 6) is 0. The molecule has 2 unspecified atom stereocenters. The monoisotopic (exact) mass is 277 g/mol. The fourth-order valence-electron chi connectivity index (χ4n) is 2.71. The predicted molar refractivity (Wildman–Crippen MR) is 87.2 cm³/mol. The molecule has 0 fully saturated rings. The average Bonchev–Trinajstić information content (AvgIpc) is 2.46. The second-order valence-electron chi connectivity index (χ2n) is 5.31. The van der Waals surface area contributed by atoms with Crippen molar-refractivity contribution in [2.45, 2.75) is 65.5 Å². The molecule has 1 rings (SSSR count). The first-order valence-electron chi connectivity index (χ1n) is 8.20. The van der Waals surface area contributed by atoms with Crippen LogP contribution in [0.15, 0.2) is 24.3 Å². The van der Waals surface area contributed by atoms with Gasteiger partial charge in [0.1, 0.15) is 0 Å². The van der Waals surface area contributed by atoms with Gasteiger partial charge in [-0.1, -0.05) is 57.9 Å². The molecular weight excluding hydrogens is 246 g/mol. The Hall–Kier alpha value is -0.860. The molecule has 0 aliphatic rings. The molecule has 0 saturated carbocycles. The highest BCUT2D eigenvalue weighted by atomic mass is 16.5. The lowest BCUT2D eigenvalue weighted by atomic mass is 9.96. The van der Waals surface area contributed by atoms with Gasteiger partial charge in [0.05, 0.1) is 12.1 Å². The molecule has 1 aromatic rings. The molecule has 0 amide bonds. The number of likely N-dealkylation sites (N-methyl/N-ethyl adjacent to an activating group) is 1. The van der Waals surface area contributed by atoms with Gasteiger partial charge in [0, 0.05) is 6.61 Å². The van der Waals surface area contributed by atoms with Gasteiger partial charge < -0.3 is 10.1 Å². The van der Waals surface area contributed by atoms with Gasteiger partial charge in [-0.05, 0) is 37.4 Å². The fraction of sp³-hybridized carbons (Fsp3) is 0.667. The Morgan fingerprint density at radius 1 is 1.00 bits per heavy atom. The van der Waals surface area contributed by atoms with E-state index in [-0.39, 0.29) is 6.10 Å². The Balaban J connectivity index is 2.86. The van der Waals surface area contributed by atoms with E-state index in [1.807, 2.05) is 0 Å². The van der Waals surface area contributed by atoms with Gasteiger partial charge in [-0.2, -0.15) is 0 Å². The molecule has 0 heterocycles. The molecule has 0 spiro atoms. The quantitative estimate of drug-likeness (QED) is 0.680. The van der Waals surface area contributed by atoms with Crippen LogP contribution in [-0.4, -0.2) is 19.3 Å². The Morgan fingerprint density at radius 3 is 2.20 bits per heavy atom. The first-order valence-corrected chi connectivity index (χ1v) is 8.20. The Morgan fingerprint density at radius 2 is 1.70 bits per heavy atom. The van der Waals surface area contributed by atoms with Crippen LogP contribution in [0.2, 0.25) is 0 Å². The molecule has 1 aromatic carbocycles. The molecule has 0 bridgehead atoms. The van der Waals surface area contributed by atoms with Gasteiger partial charge >= 0.3 is 0 Å². The first kappa shape index (κ1) is 17.2. The fourth-order valence-corrected chi connectivity index (χ4v) is 2.71. The molecule has 114 valence electrons. The second kappa shape index (κ2) is 9.95. The van der Waals surface area contributed by atoms with Gasteiger partial charge in [-0.15, -0.1) is 0 Å². The van der Waals surface area contributed by atoms with Crippen LogP contribution < -0.4 is 5.32 Å². The first-order chi connectivity index (χ1) is 9.76. The highest BCUT2D eigenvalue weighted by molar-refractivity contribution is 5.26. The Labute approximate surface area is 124 Å². The lowest BCUT2D eigenvalue weighted by Gasteiger charge is -2.28. The number of aryl methyl sites for hydroxylation is 1. The minimum atomic E-state index is 0.266. The molecule has 0 aliphatic carbocycles.